The summed E-state index contributed by atoms with van der Waals surface area (Å²) in [6.45, 7) is 5.40. The standard InChI is InChI=1S/C22H32N4O5/c1-22(2,3)31-21(28)25-17-12-16(13-17)23-18-10-9-14(11-19(18)26(29)30)20(27)24-15-7-5-4-6-8-15/h9-11,15-17,23H,4-8,12-13H2,1-3H3,(H,24,27)(H,25,28)/t16-,17+. The third-order valence-electron chi connectivity index (χ3n) is 5.62. The number of carbonyl (C=O) groups excluding carboxylic acids is 2. The van der Waals surface area contributed by atoms with Gasteiger partial charge in [0.15, 0.2) is 0 Å². The molecule has 0 aromatic heterocycles. The van der Waals surface area contributed by atoms with E-state index in [-0.39, 0.29) is 29.7 Å². The van der Waals surface area contributed by atoms with Crippen LogP contribution in [-0.2, 0) is 4.74 Å². The maximum atomic E-state index is 12.5. The molecule has 2 aliphatic carbocycles. The maximum absolute atomic E-state index is 12.5. The van der Waals surface area contributed by atoms with Crippen LogP contribution in [0.25, 0.3) is 0 Å². The van der Waals surface area contributed by atoms with Crippen LogP contribution in [0.2, 0.25) is 0 Å². The average Bonchev–Trinajstić information content (AvgIpc) is 2.65. The van der Waals surface area contributed by atoms with Crippen LogP contribution in [0.15, 0.2) is 18.2 Å². The van der Waals surface area contributed by atoms with Crippen molar-refractivity contribution in [2.24, 2.45) is 0 Å². The molecule has 0 atom stereocenters. The number of nitrogens with zero attached hydrogens (tertiary/aromatic N) is 1. The molecule has 0 aliphatic heterocycles. The number of nitro benzene ring substituents is 1. The van der Waals surface area contributed by atoms with Gasteiger partial charge in [0.1, 0.15) is 11.3 Å². The molecule has 3 rings (SSSR count). The monoisotopic (exact) mass is 432 g/mol. The zero-order chi connectivity index (χ0) is 22.6. The van der Waals surface area contributed by atoms with E-state index in [0.717, 1.165) is 25.7 Å². The van der Waals surface area contributed by atoms with Crippen LogP contribution in [0, 0.1) is 10.1 Å². The van der Waals surface area contributed by atoms with Crippen LogP contribution in [0.3, 0.4) is 0 Å². The Morgan fingerprint density at radius 2 is 1.71 bits per heavy atom. The van der Waals surface area contributed by atoms with Crippen molar-refractivity contribution >= 4 is 23.4 Å². The molecule has 2 aliphatic rings. The van der Waals surface area contributed by atoms with Crippen LogP contribution in [-0.4, -0.2) is 40.7 Å². The number of nitro groups is 1. The highest BCUT2D eigenvalue weighted by Gasteiger charge is 2.33. The molecule has 2 amide bonds. The van der Waals surface area contributed by atoms with Crippen molar-refractivity contribution in [1.82, 2.24) is 10.6 Å². The minimum atomic E-state index is -0.558. The second-order valence-electron chi connectivity index (χ2n) is 9.45. The van der Waals surface area contributed by atoms with Gasteiger partial charge in [-0.15, -0.1) is 0 Å². The third-order valence-corrected chi connectivity index (χ3v) is 5.62. The van der Waals surface area contributed by atoms with E-state index in [2.05, 4.69) is 16.0 Å². The third kappa shape index (κ3) is 6.57. The van der Waals surface area contributed by atoms with Gasteiger partial charge in [-0.3, -0.25) is 14.9 Å². The smallest absolute Gasteiger partial charge is 0.407 e. The second-order valence-corrected chi connectivity index (χ2v) is 9.45. The summed E-state index contributed by atoms with van der Waals surface area (Å²) < 4.78 is 5.24. The largest absolute Gasteiger partial charge is 0.444 e. The summed E-state index contributed by atoms with van der Waals surface area (Å²) in [6.07, 6.45) is 6.10. The molecule has 3 N–H and O–H groups in total. The summed E-state index contributed by atoms with van der Waals surface area (Å²) in [5, 5.41) is 20.5. The first-order valence-corrected chi connectivity index (χ1v) is 11.0. The lowest BCUT2D eigenvalue weighted by molar-refractivity contribution is -0.384. The first-order chi connectivity index (χ1) is 14.6. The summed E-state index contributed by atoms with van der Waals surface area (Å²) >= 11 is 0. The Bertz CT molecular complexity index is 824. The fraction of sp³-hybridized carbons (Fsp3) is 0.636. The van der Waals surface area contributed by atoms with Crippen molar-refractivity contribution in [2.75, 3.05) is 5.32 Å². The minimum absolute atomic E-state index is 0.000511. The van der Waals surface area contributed by atoms with Gasteiger partial charge in [0, 0.05) is 29.8 Å². The van der Waals surface area contributed by atoms with E-state index in [4.69, 9.17) is 4.74 Å². The predicted octanol–water partition coefficient (Wildman–Crippen LogP) is 4.12. The van der Waals surface area contributed by atoms with E-state index >= 15 is 0 Å². The van der Waals surface area contributed by atoms with Crippen molar-refractivity contribution in [3.05, 3.63) is 33.9 Å². The molecular weight excluding hydrogens is 400 g/mol. The molecule has 9 heteroatoms. The van der Waals surface area contributed by atoms with Crippen LogP contribution >= 0.6 is 0 Å². The van der Waals surface area contributed by atoms with E-state index in [0.29, 0.717) is 24.1 Å². The van der Waals surface area contributed by atoms with Gasteiger partial charge in [0.05, 0.1) is 4.92 Å². The molecule has 1 aromatic carbocycles. The van der Waals surface area contributed by atoms with Crippen LogP contribution in [0.4, 0.5) is 16.2 Å². The average molecular weight is 433 g/mol. The highest BCUT2D eigenvalue weighted by molar-refractivity contribution is 5.96. The molecule has 2 fully saturated rings. The highest BCUT2D eigenvalue weighted by atomic mass is 16.6. The van der Waals surface area contributed by atoms with Gasteiger partial charge in [-0.05, 0) is 58.6 Å². The molecule has 9 nitrogen and oxygen atoms in total. The number of alkyl carbamates (subject to hydrolysis) is 1. The molecule has 0 spiro atoms. The van der Waals surface area contributed by atoms with Gasteiger partial charge in [-0.1, -0.05) is 19.3 Å². The topological polar surface area (TPSA) is 123 Å². The highest BCUT2D eigenvalue weighted by Crippen LogP contribution is 2.31. The molecule has 0 bridgehead atoms. The van der Waals surface area contributed by atoms with Crippen LogP contribution in [0.5, 0.6) is 0 Å². The number of benzene rings is 1. The number of nitrogens with one attached hydrogen (secondary N) is 3. The lowest BCUT2D eigenvalue weighted by Crippen LogP contribution is -2.50. The second kappa shape index (κ2) is 9.53. The molecular formula is C22H32N4O5. The molecule has 0 unspecified atom stereocenters. The summed E-state index contributed by atoms with van der Waals surface area (Å²) in [7, 11) is 0. The van der Waals surface area contributed by atoms with Crippen molar-refractivity contribution < 1.29 is 19.2 Å². The number of ether oxygens (including phenoxy) is 1. The summed E-state index contributed by atoms with van der Waals surface area (Å²) in [6, 6.07) is 4.63. The number of hydrogen-bond donors (Lipinski definition) is 3. The van der Waals surface area contributed by atoms with Gasteiger partial charge in [-0.25, -0.2) is 4.79 Å². The normalized spacial score (nSPS) is 21.5. The van der Waals surface area contributed by atoms with Crippen molar-refractivity contribution in [3.8, 4) is 0 Å². The molecule has 0 radical (unpaired) electrons. The van der Waals surface area contributed by atoms with E-state index < -0.39 is 16.6 Å². The molecule has 0 heterocycles. The van der Waals surface area contributed by atoms with Gasteiger partial charge in [-0.2, -0.15) is 0 Å². The van der Waals surface area contributed by atoms with Crippen LogP contribution in [0.1, 0.15) is 76.1 Å². The van der Waals surface area contributed by atoms with Gasteiger partial charge in [0.2, 0.25) is 0 Å². The molecule has 0 saturated heterocycles. The number of anilines is 1. The maximum Gasteiger partial charge on any atom is 0.407 e. The van der Waals surface area contributed by atoms with E-state index in [9.17, 15) is 19.7 Å². The molecule has 170 valence electrons. The van der Waals surface area contributed by atoms with E-state index in [1.807, 2.05) is 0 Å². The summed E-state index contributed by atoms with van der Waals surface area (Å²) in [4.78, 5) is 35.5. The number of amides is 2. The number of hydrogen-bond acceptors (Lipinski definition) is 6. The first-order valence-electron chi connectivity index (χ1n) is 11.0. The lowest BCUT2D eigenvalue weighted by Gasteiger charge is -2.37. The molecule has 31 heavy (non-hydrogen) atoms. The number of carbonyl (C=O) groups is 2. The molecule has 1 aromatic rings. The summed E-state index contributed by atoms with van der Waals surface area (Å²) in [5.74, 6) is -0.271. The van der Waals surface area contributed by atoms with E-state index in [1.165, 1.54) is 12.5 Å². The Hall–Kier alpha value is -2.84. The fourth-order valence-electron chi connectivity index (χ4n) is 4.01. The quantitative estimate of drug-likeness (QED) is 0.459. The Kier molecular flexibility index (Phi) is 7.02. The predicted molar refractivity (Wildman–Crippen MR) is 117 cm³/mol. The van der Waals surface area contributed by atoms with Gasteiger partial charge < -0.3 is 20.7 Å². The molecule has 2 saturated carbocycles. The summed E-state index contributed by atoms with van der Waals surface area (Å²) in [5.41, 5.74) is -0.0161. The Morgan fingerprint density at radius 3 is 2.32 bits per heavy atom. The first kappa shape index (κ1) is 22.8. The zero-order valence-corrected chi connectivity index (χ0v) is 18.4. The van der Waals surface area contributed by atoms with Gasteiger partial charge >= 0.3 is 6.09 Å². The SMILES string of the molecule is CC(C)(C)OC(=O)N[C@H]1C[C@@H](Nc2ccc(C(=O)NC3CCCCC3)cc2[N+](=O)[O-])C1. The zero-order valence-electron chi connectivity index (χ0n) is 18.4. The van der Waals surface area contributed by atoms with Crippen LogP contribution < -0.4 is 16.0 Å². The van der Waals surface area contributed by atoms with Crippen molar-refractivity contribution in [1.29, 1.82) is 0 Å². The van der Waals surface area contributed by atoms with Crippen molar-refractivity contribution in [2.45, 2.75) is 89.4 Å². The Balaban J connectivity index is 1.55. The Labute approximate surface area is 182 Å². The fourth-order valence-corrected chi connectivity index (χ4v) is 4.01. The van der Waals surface area contributed by atoms with Crippen molar-refractivity contribution in [3.63, 3.8) is 0 Å². The minimum Gasteiger partial charge on any atom is -0.444 e. The number of rotatable bonds is 6. The Morgan fingerprint density at radius 1 is 1.03 bits per heavy atom. The van der Waals surface area contributed by atoms with Gasteiger partial charge in [0.25, 0.3) is 11.6 Å². The lowest BCUT2D eigenvalue weighted by atomic mass is 9.86. The van der Waals surface area contributed by atoms with E-state index in [1.54, 1.807) is 32.9 Å².